The quantitative estimate of drug-likeness (QED) is 0.637. The molecule has 1 N–H and O–H groups in total. The van der Waals surface area contributed by atoms with Crippen LogP contribution < -0.4 is 19.5 Å². The number of hydrogen-bond donors (Lipinski definition) is 1. The molecule has 2 aromatic rings. The Hall–Kier alpha value is -2.99. The Bertz CT molecular complexity index is 856. The predicted molar refractivity (Wildman–Crippen MR) is 116 cm³/mol. The summed E-state index contributed by atoms with van der Waals surface area (Å²) in [7, 11) is 3.21. The molecule has 1 fully saturated rings. The summed E-state index contributed by atoms with van der Waals surface area (Å²) in [6.45, 7) is 5.88. The number of hydrogen-bond acceptors (Lipinski definition) is 5. The van der Waals surface area contributed by atoms with Gasteiger partial charge in [0.25, 0.3) is 5.91 Å². The second kappa shape index (κ2) is 10.2. The summed E-state index contributed by atoms with van der Waals surface area (Å²) in [6.07, 6.45) is 3.35. The lowest BCUT2D eigenvalue weighted by atomic mass is 9.74. The van der Waals surface area contributed by atoms with Crippen LogP contribution in [-0.2, 0) is 10.2 Å². The summed E-state index contributed by atoms with van der Waals surface area (Å²) >= 11 is 0. The Balaban J connectivity index is 1.75. The van der Waals surface area contributed by atoms with E-state index in [1.54, 1.807) is 38.5 Å². The lowest BCUT2D eigenvalue weighted by Gasteiger charge is -2.38. The van der Waals surface area contributed by atoms with Crippen LogP contribution in [0.4, 0.5) is 0 Å². The topological polar surface area (TPSA) is 66.0 Å². The minimum absolute atomic E-state index is 0.150. The van der Waals surface area contributed by atoms with Gasteiger partial charge in [0.15, 0.2) is 11.5 Å². The molecule has 1 amide bonds. The highest BCUT2D eigenvalue weighted by Gasteiger charge is 2.35. The van der Waals surface area contributed by atoms with Crippen molar-refractivity contribution in [2.75, 3.05) is 40.6 Å². The van der Waals surface area contributed by atoms with Gasteiger partial charge in [-0.1, -0.05) is 24.8 Å². The van der Waals surface area contributed by atoms with E-state index in [0.29, 0.717) is 43.4 Å². The molecule has 0 bridgehead atoms. The molecule has 1 aliphatic heterocycles. The number of nitrogens with one attached hydrogen (secondary N) is 1. The highest BCUT2D eigenvalue weighted by Crippen LogP contribution is 2.35. The van der Waals surface area contributed by atoms with Crippen LogP contribution in [0.3, 0.4) is 0 Å². The van der Waals surface area contributed by atoms with Crippen molar-refractivity contribution in [3.05, 3.63) is 66.2 Å². The first kappa shape index (κ1) is 21.7. The van der Waals surface area contributed by atoms with Crippen molar-refractivity contribution in [2.24, 2.45) is 0 Å². The van der Waals surface area contributed by atoms with Gasteiger partial charge in [0.1, 0.15) is 12.4 Å². The van der Waals surface area contributed by atoms with E-state index in [0.717, 1.165) is 18.6 Å². The Morgan fingerprint density at radius 1 is 1.10 bits per heavy atom. The summed E-state index contributed by atoms with van der Waals surface area (Å²) in [5, 5.41) is 3.11. The van der Waals surface area contributed by atoms with Crippen LogP contribution in [0.25, 0.3) is 0 Å². The summed E-state index contributed by atoms with van der Waals surface area (Å²) in [4.78, 5) is 12.9. The van der Waals surface area contributed by atoms with E-state index in [4.69, 9.17) is 18.9 Å². The Morgan fingerprint density at radius 3 is 2.47 bits per heavy atom. The van der Waals surface area contributed by atoms with Gasteiger partial charge in [0.05, 0.1) is 14.2 Å². The van der Waals surface area contributed by atoms with Gasteiger partial charge in [-0.15, -0.1) is 0 Å². The number of ether oxygens (including phenoxy) is 4. The van der Waals surface area contributed by atoms with E-state index >= 15 is 0 Å². The fraction of sp³-hybridized carbons (Fsp3) is 0.375. The van der Waals surface area contributed by atoms with E-state index in [1.165, 1.54) is 5.56 Å². The largest absolute Gasteiger partial charge is 0.497 e. The second-order valence-electron chi connectivity index (χ2n) is 7.27. The zero-order valence-corrected chi connectivity index (χ0v) is 17.6. The number of benzene rings is 2. The summed E-state index contributed by atoms with van der Waals surface area (Å²) in [6, 6.07) is 13.2. The van der Waals surface area contributed by atoms with Gasteiger partial charge in [-0.3, -0.25) is 4.79 Å². The predicted octanol–water partition coefficient (Wildman–Crippen LogP) is 3.75. The van der Waals surface area contributed by atoms with Crippen LogP contribution >= 0.6 is 0 Å². The third-order valence-electron chi connectivity index (χ3n) is 5.52. The molecule has 0 radical (unpaired) electrons. The van der Waals surface area contributed by atoms with Crippen molar-refractivity contribution < 1.29 is 23.7 Å². The average Bonchev–Trinajstić information content (AvgIpc) is 2.81. The van der Waals surface area contributed by atoms with Crippen LogP contribution in [0.2, 0.25) is 0 Å². The van der Waals surface area contributed by atoms with Crippen LogP contribution in [0.1, 0.15) is 28.8 Å². The normalized spacial score (nSPS) is 15.1. The van der Waals surface area contributed by atoms with Crippen LogP contribution in [-0.4, -0.2) is 46.5 Å². The number of rotatable bonds is 9. The van der Waals surface area contributed by atoms with Crippen molar-refractivity contribution in [3.8, 4) is 17.2 Å². The smallest absolute Gasteiger partial charge is 0.251 e. The van der Waals surface area contributed by atoms with Gasteiger partial charge in [0, 0.05) is 30.7 Å². The molecule has 6 nitrogen and oxygen atoms in total. The second-order valence-corrected chi connectivity index (χ2v) is 7.27. The molecule has 0 aromatic heterocycles. The summed E-state index contributed by atoms with van der Waals surface area (Å²) in [5.74, 6) is 1.76. The first-order chi connectivity index (χ1) is 14.6. The van der Waals surface area contributed by atoms with Gasteiger partial charge >= 0.3 is 0 Å². The molecular formula is C24H29NO5. The number of carbonyl (C=O) groups excluding carboxylic acids is 1. The minimum atomic E-state index is -0.169. The molecule has 0 spiro atoms. The van der Waals surface area contributed by atoms with E-state index in [1.807, 2.05) is 12.1 Å². The molecule has 0 aliphatic carbocycles. The third-order valence-corrected chi connectivity index (χ3v) is 5.52. The highest BCUT2D eigenvalue weighted by atomic mass is 16.5. The van der Waals surface area contributed by atoms with Gasteiger partial charge in [-0.2, -0.15) is 0 Å². The van der Waals surface area contributed by atoms with Crippen LogP contribution in [0, 0.1) is 0 Å². The first-order valence-electron chi connectivity index (χ1n) is 10.0. The maximum Gasteiger partial charge on any atom is 0.251 e. The SMILES string of the molecule is C=CCOc1ccc(C(=O)NCC2(c3ccc(OC)cc3)CCOCC2)cc1OC. The maximum atomic E-state index is 12.9. The molecule has 6 heteroatoms. The van der Waals surface area contributed by atoms with Gasteiger partial charge in [0.2, 0.25) is 0 Å². The molecule has 0 unspecified atom stereocenters. The van der Waals surface area contributed by atoms with Crippen molar-refractivity contribution >= 4 is 5.91 Å². The standard InChI is InChI=1S/C24H29NO5/c1-4-13-30-21-10-5-18(16-22(21)28-3)23(26)25-17-24(11-14-29-15-12-24)19-6-8-20(27-2)9-7-19/h4-10,16H,1,11-15,17H2,2-3H3,(H,25,26). The Morgan fingerprint density at radius 2 is 1.83 bits per heavy atom. The van der Waals surface area contributed by atoms with Crippen molar-refractivity contribution in [1.29, 1.82) is 0 Å². The van der Waals surface area contributed by atoms with Gasteiger partial charge in [-0.25, -0.2) is 0 Å². The zero-order chi connectivity index (χ0) is 21.4. The Kier molecular flexibility index (Phi) is 7.36. The zero-order valence-electron chi connectivity index (χ0n) is 17.6. The van der Waals surface area contributed by atoms with Gasteiger partial charge < -0.3 is 24.3 Å². The molecule has 160 valence electrons. The van der Waals surface area contributed by atoms with Crippen LogP contribution in [0.15, 0.2) is 55.1 Å². The lowest BCUT2D eigenvalue weighted by Crippen LogP contribution is -2.44. The third kappa shape index (κ3) is 4.94. The molecule has 0 atom stereocenters. The molecule has 1 heterocycles. The average molecular weight is 411 g/mol. The van der Waals surface area contributed by atoms with E-state index in [9.17, 15) is 4.79 Å². The number of amides is 1. The number of carbonyl (C=O) groups is 1. The molecule has 1 saturated heterocycles. The van der Waals surface area contributed by atoms with Crippen molar-refractivity contribution in [3.63, 3.8) is 0 Å². The number of methoxy groups -OCH3 is 2. The van der Waals surface area contributed by atoms with Crippen molar-refractivity contribution in [1.82, 2.24) is 5.32 Å². The molecular weight excluding hydrogens is 382 g/mol. The van der Waals surface area contributed by atoms with E-state index < -0.39 is 0 Å². The fourth-order valence-corrected chi connectivity index (χ4v) is 3.70. The summed E-state index contributed by atoms with van der Waals surface area (Å²) in [5.41, 5.74) is 1.53. The molecule has 3 rings (SSSR count). The molecule has 1 aliphatic rings. The first-order valence-corrected chi connectivity index (χ1v) is 10.0. The maximum absolute atomic E-state index is 12.9. The molecule has 2 aromatic carbocycles. The Labute approximate surface area is 177 Å². The van der Waals surface area contributed by atoms with E-state index in [2.05, 4.69) is 24.0 Å². The van der Waals surface area contributed by atoms with E-state index in [-0.39, 0.29) is 11.3 Å². The van der Waals surface area contributed by atoms with Gasteiger partial charge in [-0.05, 0) is 48.7 Å². The van der Waals surface area contributed by atoms with Crippen molar-refractivity contribution in [2.45, 2.75) is 18.3 Å². The molecule has 30 heavy (non-hydrogen) atoms. The fourth-order valence-electron chi connectivity index (χ4n) is 3.70. The lowest BCUT2D eigenvalue weighted by molar-refractivity contribution is 0.0487. The summed E-state index contributed by atoms with van der Waals surface area (Å²) < 4.78 is 21.8. The molecule has 0 saturated carbocycles. The minimum Gasteiger partial charge on any atom is -0.497 e. The van der Waals surface area contributed by atoms with Crippen LogP contribution in [0.5, 0.6) is 17.2 Å². The monoisotopic (exact) mass is 411 g/mol. The highest BCUT2D eigenvalue weighted by molar-refractivity contribution is 5.95.